The van der Waals surface area contributed by atoms with E-state index < -0.39 is 0 Å². The third-order valence-corrected chi connectivity index (χ3v) is 4.21. The number of nitrogens with zero attached hydrogens (tertiary/aromatic N) is 1. The fraction of sp³-hybridized carbons (Fsp3) is 0.333. The molecule has 4 heteroatoms. The number of allylic oxidation sites excluding steroid dienone is 3. The molecule has 0 aromatic carbocycles. The van der Waals surface area contributed by atoms with Gasteiger partial charge in [-0.05, 0) is 49.6 Å². The van der Waals surface area contributed by atoms with Crippen LogP contribution in [0, 0.1) is 5.92 Å². The third-order valence-electron chi connectivity index (χ3n) is 3.34. The summed E-state index contributed by atoms with van der Waals surface area (Å²) in [5.41, 5.74) is 5.89. The van der Waals surface area contributed by atoms with E-state index in [0.29, 0.717) is 10.8 Å². The van der Waals surface area contributed by atoms with Crippen molar-refractivity contribution in [2.75, 3.05) is 0 Å². The van der Waals surface area contributed by atoms with Crippen molar-refractivity contribution in [1.29, 1.82) is 0 Å². The van der Waals surface area contributed by atoms with Gasteiger partial charge in [-0.2, -0.15) is 5.10 Å². The van der Waals surface area contributed by atoms with Crippen molar-refractivity contribution >= 4 is 23.0 Å². The number of nitrogens with one attached hydrogen (secondary N) is 1. The number of hydrogen-bond acceptors (Lipinski definition) is 3. The van der Waals surface area contributed by atoms with E-state index in [0.717, 1.165) is 24.1 Å². The molecule has 0 saturated heterocycles. The number of carbonyl (C=O) groups excluding carboxylic acids is 1. The van der Waals surface area contributed by atoms with E-state index in [4.69, 9.17) is 0 Å². The lowest BCUT2D eigenvalue weighted by Gasteiger charge is -2.22. The zero-order valence-electron chi connectivity index (χ0n) is 11.3. The summed E-state index contributed by atoms with van der Waals surface area (Å²) in [4.78, 5) is 12.5. The Morgan fingerprint density at radius 2 is 2.37 bits per heavy atom. The van der Waals surface area contributed by atoms with E-state index in [2.05, 4.69) is 23.2 Å². The molecular weight excluding hydrogens is 256 g/mol. The molecule has 1 atom stereocenters. The number of hydrazone groups is 1. The van der Waals surface area contributed by atoms with Gasteiger partial charge in [0.2, 0.25) is 0 Å². The normalized spacial score (nSPS) is 21.1. The minimum atomic E-state index is -0.146. The zero-order valence-corrected chi connectivity index (χ0v) is 12.1. The van der Waals surface area contributed by atoms with Gasteiger partial charge in [0, 0.05) is 0 Å². The largest absolute Gasteiger partial charge is 0.281 e. The molecule has 1 unspecified atom stereocenters. The highest BCUT2D eigenvalue weighted by molar-refractivity contribution is 7.12. The number of carbonyl (C=O) groups is 1. The summed E-state index contributed by atoms with van der Waals surface area (Å²) in [6, 6.07) is 3.65. The number of amides is 1. The first-order valence-corrected chi connectivity index (χ1v) is 7.19. The highest BCUT2D eigenvalue weighted by Gasteiger charge is 2.18. The molecule has 0 fully saturated rings. The summed E-state index contributed by atoms with van der Waals surface area (Å²) in [6.07, 6.45) is 4.03. The van der Waals surface area contributed by atoms with Crippen LogP contribution in [0.5, 0.6) is 0 Å². The SMILES string of the molecule is C=C(C)C1CC=C(C)/C(=N\NC(=O)c2cccs2)C1. The highest BCUT2D eigenvalue weighted by atomic mass is 32.1. The second-order valence-corrected chi connectivity index (χ2v) is 5.79. The van der Waals surface area contributed by atoms with E-state index in [9.17, 15) is 4.79 Å². The van der Waals surface area contributed by atoms with Crippen LogP contribution in [0.3, 0.4) is 0 Å². The molecular formula is C15H18N2OS. The Balaban J connectivity index is 2.06. The molecule has 0 bridgehead atoms. The monoisotopic (exact) mass is 274 g/mol. The Bertz CT molecular complexity index is 541. The average molecular weight is 274 g/mol. The standard InChI is InChI=1S/C15H18N2OS/c1-10(2)12-7-6-11(3)13(9-12)16-17-15(18)14-5-4-8-19-14/h4-6,8,12H,1,7,9H2,2-3H3,(H,17,18)/b16-13-. The van der Waals surface area contributed by atoms with E-state index in [-0.39, 0.29) is 5.91 Å². The molecule has 19 heavy (non-hydrogen) atoms. The smallest absolute Gasteiger partial charge is 0.266 e. The quantitative estimate of drug-likeness (QED) is 0.661. The van der Waals surface area contributed by atoms with Gasteiger partial charge in [-0.15, -0.1) is 11.3 Å². The van der Waals surface area contributed by atoms with Crippen molar-refractivity contribution < 1.29 is 4.79 Å². The van der Waals surface area contributed by atoms with Gasteiger partial charge in [-0.25, -0.2) is 5.43 Å². The molecule has 100 valence electrons. The number of thiophene rings is 1. The van der Waals surface area contributed by atoms with Gasteiger partial charge < -0.3 is 0 Å². The Morgan fingerprint density at radius 1 is 1.58 bits per heavy atom. The van der Waals surface area contributed by atoms with Crippen molar-refractivity contribution in [2.24, 2.45) is 11.0 Å². The van der Waals surface area contributed by atoms with Gasteiger partial charge in [0.25, 0.3) is 5.91 Å². The molecule has 0 spiro atoms. The van der Waals surface area contributed by atoms with Gasteiger partial charge in [-0.1, -0.05) is 24.3 Å². The van der Waals surface area contributed by atoms with E-state index in [1.54, 1.807) is 6.07 Å². The van der Waals surface area contributed by atoms with Crippen LogP contribution in [-0.4, -0.2) is 11.6 Å². The molecule has 1 N–H and O–H groups in total. The molecule has 0 saturated carbocycles. The zero-order chi connectivity index (χ0) is 13.8. The minimum absolute atomic E-state index is 0.146. The van der Waals surface area contributed by atoms with Crippen LogP contribution in [0.2, 0.25) is 0 Å². The van der Waals surface area contributed by atoms with Gasteiger partial charge in [0.15, 0.2) is 0 Å². The van der Waals surface area contributed by atoms with Crippen LogP contribution in [-0.2, 0) is 0 Å². The molecule has 1 heterocycles. The van der Waals surface area contributed by atoms with Gasteiger partial charge in [0.05, 0.1) is 10.6 Å². The number of rotatable bonds is 3. The fourth-order valence-corrected chi connectivity index (χ4v) is 2.62. The topological polar surface area (TPSA) is 41.5 Å². The molecule has 3 nitrogen and oxygen atoms in total. The summed E-state index contributed by atoms with van der Waals surface area (Å²) in [7, 11) is 0. The summed E-state index contributed by atoms with van der Waals surface area (Å²) in [6.45, 7) is 8.08. The first kappa shape index (κ1) is 13.7. The Labute approximate surface area is 117 Å². The predicted octanol–water partition coefficient (Wildman–Crippen LogP) is 3.77. The van der Waals surface area contributed by atoms with Crippen LogP contribution in [0.25, 0.3) is 0 Å². The maximum Gasteiger partial charge on any atom is 0.281 e. The molecule has 1 amide bonds. The van der Waals surface area contributed by atoms with E-state index >= 15 is 0 Å². The third kappa shape index (κ3) is 3.41. The molecule has 0 aliphatic heterocycles. The minimum Gasteiger partial charge on any atom is -0.266 e. The van der Waals surface area contributed by atoms with Crippen molar-refractivity contribution in [2.45, 2.75) is 26.7 Å². The van der Waals surface area contributed by atoms with E-state index in [1.165, 1.54) is 16.9 Å². The lowest BCUT2D eigenvalue weighted by molar-refractivity contribution is 0.0959. The molecule has 1 aromatic heterocycles. The van der Waals surface area contributed by atoms with Crippen LogP contribution >= 0.6 is 11.3 Å². The second-order valence-electron chi connectivity index (χ2n) is 4.85. The average Bonchev–Trinajstić information content (AvgIpc) is 2.91. The summed E-state index contributed by atoms with van der Waals surface area (Å²) < 4.78 is 0. The molecule has 1 aliphatic rings. The summed E-state index contributed by atoms with van der Waals surface area (Å²) >= 11 is 1.41. The molecule has 1 aliphatic carbocycles. The Kier molecular flexibility index (Phi) is 4.32. The van der Waals surface area contributed by atoms with Crippen molar-refractivity contribution in [3.8, 4) is 0 Å². The van der Waals surface area contributed by atoms with Crippen molar-refractivity contribution in [1.82, 2.24) is 5.43 Å². The maximum atomic E-state index is 11.8. The molecule has 1 aromatic rings. The second kappa shape index (κ2) is 5.97. The first-order valence-electron chi connectivity index (χ1n) is 6.31. The lowest BCUT2D eigenvalue weighted by atomic mass is 9.85. The van der Waals surface area contributed by atoms with Crippen LogP contribution < -0.4 is 5.43 Å². The van der Waals surface area contributed by atoms with Crippen molar-refractivity contribution in [3.63, 3.8) is 0 Å². The molecule has 0 radical (unpaired) electrons. The Hall–Kier alpha value is -1.68. The Morgan fingerprint density at radius 3 is 3.00 bits per heavy atom. The number of hydrogen-bond donors (Lipinski definition) is 1. The van der Waals surface area contributed by atoms with Crippen LogP contribution in [0.15, 0.2) is 46.4 Å². The van der Waals surface area contributed by atoms with Crippen LogP contribution in [0.4, 0.5) is 0 Å². The first-order chi connectivity index (χ1) is 9.08. The van der Waals surface area contributed by atoms with E-state index in [1.807, 2.05) is 25.3 Å². The summed E-state index contributed by atoms with van der Waals surface area (Å²) in [5, 5.41) is 6.15. The van der Waals surface area contributed by atoms with Gasteiger partial charge in [-0.3, -0.25) is 4.79 Å². The summed E-state index contributed by atoms with van der Waals surface area (Å²) in [5.74, 6) is 0.286. The predicted molar refractivity (Wildman–Crippen MR) is 80.5 cm³/mol. The van der Waals surface area contributed by atoms with Gasteiger partial charge >= 0.3 is 0 Å². The lowest BCUT2D eigenvalue weighted by Crippen LogP contribution is -2.22. The highest BCUT2D eigenvalue weighted by Crippen LogP contribution is 2.26. The maximum absolute atomic E-state index is 11.8. The molecule has 2 rings (SSSR count). The van der Waals surface area contributed by atoms with Crippen molar-refractivity contribution in [3.05, 3.63) is 46.2 Å². The van der Waals surface area contributed by atoms with Crippen LogP contribution in [0.1, 0.15) is 36.4 Å². The van der Waals surface area contributed by atoms with Gasteiger partial charge in [0.1, 0.15) is 0 Å². The fourth-order valence-electron chi connectivity index (χ4n) is 2.00.